The van der Waals surface area contributed by atoms with E-state index >= 15 is 0 Å². The lowest BCUT2D eigenvalue weighted by Crippen LogP contribution is -2.22. The van der Waals surface area contributed by atoms with Crippen LogP contribution in [0.1, 0.15) is 35.9 Å². The Morgan fingerprint density at radius 1 is 1.38 bits per heavy atom. The first-order valence-corrected chi connectivity index (χ1v) is 7.68. The maximum Gasteiger partial charge on any atom is 0.253 e. The predicted octanol–water partition coefficient (Wildman–Crippen LogP) is 3.00. The average molecular weight is 300 g/mol. The number of nitrogens with one attached hydrogen (secondary N) is 1. The summed E-state index contributed by atoms with van der Waals surface area (Å²) < 4.78 is 2.90. The summed E-state index contributed by atoms with van der Waals surface area (Å²) in [6.07, 6.45) is 1.86. The summed E-state index contributed by atoms with van der Waals surface area (Å²) in [5.41, 5.74) is 1.48. The molecule has 0 spiro atoms. The molecule has 3 aromatic rings. The van der Waals surface area contributed by atoms with E-state index < -0.39 is 0 Å². The van der Waals surface area contributed by atoms with Gasteiger partial charge in [0.15, 0.2) is 0 Å². The maximum atomic E-state index is 12.3. The molecule has 0 saturated carbocycles. The minimum atomic E-state index is -0.0773. The molecule has 0 radical (unpaired) electrons. The lowest BCUT2D eigenvalue weighted by atomic mass is 10.1. The van der Waals surface area contributed by atoms with Gasteiger partial charge in [-0.3, -0.25) is 4.79 Å². The number of carbonyl (C=O) groups excluding carboxylic acids is 1. The van der Waals surface area contributed by atoms with Gasteiger partial charge in [0, 0.05) is 21.5 Å². The maximum absolute atomic E-state index is 12.3. The second kappa shape index (κ2) is 5.65. The van der Waals surface area contributed by atoms with Crippen LogP contribution in [-0.2, 0) is 6.54 Å². The second-order valence-corrected chi connectivity index (χ2v) is 6.02. The lowest BCUT2D eigenvalue weighted by molar-refractivity contribution is 0.0952. The third kappa shape index (κ3) is 2.80. The van der Waals surface area contributed by atoms with Crippen LogP contribution in [0.5, 0.6) is 0 Å². The average Bonchev–Trinajstić information content (AvgIpc) is 3.11. The normalized spacial score (nSPS) is 11.2. The van der Waals surface area contributed by atoms with Crippen LogP contribution in [0, 0.1) is 0 Å². The number of benzene rings is 1. The Morgan fingerprint density at radius 3 is 2.95 bits per heavy atom. The standard InChI is InChI=1S/C15H16N4OS/c1-10(2)19-8-11(17-18-19)7-16-15(20)13-9-21-14-6-4-3-5-12(13)14/h3-6,8-10H,7H2,1-2H3,(H,16,20). The Hall–Kier alpha value is -2.21. The van der Waals surface area contributed by atoms with Crippen molar-refractivity contribution in [3.8, 4) is 0 Å². The quantitative estimate of drug-likeness (QED) is 0.805. The molecule has 2 aromatic heterocycles. The van der Waals surface area contributed by atoms with E-state index in [0.717, 1.165) is 15.8 Å². The molecule has 0 fully saturated rings. The van der Waals surface area contributed by atoms with Crippen molar-refractivity contribution in [1.29, 1.82) is 0 Å². The first-order chi connectivity index (χ1) is 10.1. The first-order valence-electron chi connectivity index (χ1n) is 6.80. The molecule has 1 aromatic carbocycles. The van der Waals surface area contributed by atoms with Crippen molar-refractivity contribution < 1.29 is 4.79 Å². The molecule has 0 unspecified atom stereocenters. The molecule has 0 saturated heterocycles. The molecule has 2 heterocycles. The zero-order valence-corrected chi connectivity index (χ0v) is 12.7. The van der Waals surface area contributed by atoms with Gasteiger partial charge in [-0.25, -0.2) is 4.68 Å². The topological polar surface area (TPSA) is 59.8 Å². The number of hydrogen-bond acceptors (Lipinski definition) is 4. The first kappa shape index (κ1) is 13.8. The minimum absolute atomic E-state index is 0.0773. The summed E-state index contributed by atoms with van der Waals surface area (Å²) in [6.45, 7) is 4.46. The van der Waals surface area contributed by atoms with Gasteiger partial charge in [0.05, 0.1) is 18.3 Å². The summed E-state index contributed by atoms with van der Waals surface area (Å²) in [4.78, 5) is 12.3. The molecule has 21 heavy (non-hydrogen) atoms. The second-order valence-electron chi connectivity index (χ2n) is 5.11. The van der Waals surface area contributed by atoms with Gasteiger partial charge in [0.1, 0.15) is 5.69 Å². The van der Waals surface area contributed by atoms with Gasteiger partial charge in [-0.15, -0.1) is 16.4 Å². The summed E-state index contributed by atoms with van der Waals surface area (Å²) >= 11 is 1.58. The highest BCUT2D eigenvalue weighted by molar-refractivity contribution is 7.17. The zero-order chi connectivity index (χ0) is 14.8. The molecule has 3 rings (SSSR count). The number of thiophene rings is 1. The molecular formula is C15H16N4OS. The Morgan fingerprint density at radius 2 is 2.19 bits per heavy atom. The highest BCUT2D eigenvalue weighted by Crippen LogP contribution is 2.25. The molecule has 6 heteroatoms. The van der Waals surface area contributed by atoms with Crippen molar-refractivity contribution in [3.05, 3.63) is 47.1 Å². The molecule has 0 bridgehead atoms. The smallest absolute Gasteiger partial charge is 0.253 e. The third-order valence-electron chi connectivity index (χ3n) is 3.24. The van der Waals surface area contributed by atoms with Gasteiger partial charge in [-0.2, -0.15) is 0 Å². The Kier molecular flexibility index (Phi) is 3.70. The molecule has 1 amide bonds. The van der Waals surface area contributed by atoms with E-state index in [1.54, 1.807) is 16.0 Å². The van der Waals surface area contributed by atoms with Crippen molar-refractivity contribution in [2.24, 2.45) is 0 Å². The van der Waals surface area contributed by atoms with Gasteiger partial charge in [0.25, 0.3) is 5.91 Å². The Balaban J connectivity index is 1.71. The van der Waals surface area contributed by atoms with Gasteiger partial charge in [-0.1, -0.05) is 23.4 Å². The molecule has 0 aliphatic carbocycles. The number of rotatable bonds is 4. The van der Waals surface area contributed by atoms with Crippen molar-refractivity contribution in [1.82, 2.24) is 20.3 Å². The van der Waals surface area contributed by atoms with Crippen LogP contribution < -0.4 is 5.32 Å². The number of aromatic nitrogens is 3. The number of amides is 1. The lowest BCUT2D eigenvalue weighted by Gasteiger charge is -2.03. The van der Waals surface area contributed by atoms with Crippen LogP contribution in [0.25, 0.3) is 10.1 Å². The molecule has 1 N–H and O–H groups in total. The van der Waals surface area contributed by atoms with Gasteiger partial charge < -0.3 is 5.32 Å². The van der Waals surface area contributed by atoms with Crippen LogP contribution in [0.15, 0.2) is 35.8 Å². The van der Waals surface area contributed by atoms with Gasteiger partial charge in [-0.05, 0) is 19.9 Å². The number of carbonyl (C=O) groups is 1. The fourth-order valence-electron chi connectivity index (χ4n) is 2.07. The van der Waals surface area contributed by atoms with E-state index in [4.69, 9.17) is 0 Å². The van der Waals surface area contributed by atoms with E-state index in [2.05, 4.69) is 15.6 Å². The number of hydrogen-bond donors (Lipinski definition) is 1. The summed E-state index contributed by atoms with van der Waals surface area (Å²) in [7, 11) is 0. The molecule has 0 atom stereocenters. The monoisotopic (exact) mass is 300 g/mol. The van der Waals surface area contributed by atoms with E-state index in [-0.39, 0.29) is 11.9 Å². The van der Waals surface area contributed by atoms with Crippen molar-refractivity contribution >= 4 is 27.3 Å². The number of fused-ring (bicyclic) bond motifs is 1. The summed E-state index contributed by atoms with van der Waals surface area (Å²) in [6, 6.07) is 8.17. The molecular weight excluding hydrogens is 284 g/mol. The third-order valence-corrected chi connectivity index (χ3v) is 4.21. The van der Waals surface area contributed by atoms with E-state index in [1.165, 1.54) is 0 Å². The van der Waals surface area contributed by atoms with Crippen LogP contribution >= 0.6 is 11.3 Å². The molecule has 108 valence electrons. The van der Waals surface area contributed by atoms with Crippen molar-refractivity contribution in [3.63, 3.8) is 0 Å². The Bertz CT molecular complexity index is 775. The van der Waals surface area contributed by atoms with E-state index in [0.29, 0.717) is 12.1 Å². The van der Waals surface area contributed by atoms with E-state index in [9.17, 15) is 4.79 Å². The minimum Gasteiger partial charge on any atom is -0.346 e. The SMILES string of the molecule is CC(C)n1cc(CNC(=O)c2csc3ccccc23)nn1. The summed E-state index contributed by atoms with van der Waals surface area (Å²) in [5.74, 6) is -0.0773. The van der Waals surface area contributed by atoms with Crippen LogP contribution in [0.2, 0.25) is 0 Å². The van der Waals surface area contributed by atoms with E-state index in [1.807, 2.05) is 49.7 Å². The highest BCUT2D eigenvalue weighted by Gasteiger charge is 2.12. The van der Waals surface area contributed by atoms with Gasteiger partial charge >= 0.3 is 0 Å². The highest BCUT2D eigenvalue weighted by atomic mass is 32.1. The zero-order valence-electron chi connectivity index (χ0n) is 11.9. The van der Waals surface area contributed by atoms with Crippen LogP contribution in [0.4, 0.5) is 0 Å². The van der Waals surface area contributed by atoms with Crippen LogP contribution in [-0.4, -0.2) is 20.9 Å². The fourth-order valence-corrected chi connectivity index (χ4v) is 3.01. The van der Waals surface area contributed by atoms with Crippen LogP contribution in [0.3, 0.4) is 0 Å². The predicted molar refractivity (Wildman–Crippen MR) is 83.4 cm³/mol. The van der Waals surface area contributed by atoms with Crippen molar-refractivity contribution in [2.75, 3.05) is 0 Å². The molecule has 0 aliphatic rings. The molecule has 0 aliphatic heterocycles. The van der Waals surface area contributed by atoms with Crippen molar-refractivity contribution in [2.45, 2.75) is 26.4 Å². The fraction of sp³-hybridized carbons (Fsp3) is 0.267. The number of nitrogens with zero attached hydrogens (tertiary/aromatic N) is 3. The summed E-state index contributed by atoms with van der Waals surface area (Å²) in [5, 5.41) is 13.9. The molecule has 5 nitrogen and oxygen atoms in total. The Labute approximate surface area is 126 Å². The largest absolute Gasteiger partial charge is 0.346 e. The van der Waals surface area contributed by atoms with Gasteiger partial charge in [0.2, 0.25) is 0 Å².